The maximum atomic E-state index is 13.8. The van der Waals surface area contributed by atoms with Crippen molar-refractivity contribution in [1.29, 1.82) is 0 Å². The number of benzene rings is 3. The van der Waals surface area contributed by atoms with Gasteiger partial charge in [0.05, 0.1) is 25.3 Å². The maximum Gasteiger partial charge on any atom is 0.294 e. The molecule has 1 aromatic heterocycles. The summed E-state index contributed by atoms with van der Waals surface area (Å²) in [4.78, 5) is 28.7. The molecule has 1 unspecified atom stereocenters. The van der Waals surface area contributed by atoms with Crippen LogP contribution in [0.3, 0.4) is 0 Å². The summed E-state index contributed by atoms with van der Waals surface area (Å²) in [5.74, 6) is -1.04. The predicted molar refractivity (Wildman–Crippen MR) is 141 cm³/mol. The second-order valence-corrected chi connectivity index (χ2v) is 9.00. The van der Waals surface area contributed by atoms with Crippen LogP contribution in [0, 0.1) is 0 Å². The van der Waals surface area contributed by atoms with E-state index in [1.54, 1.807) is 48.5 Å². The topological polar surface area (TPSA) is 89.2 Å². The van der Waals surface area contributed by atoms with Crippen molar-refractivity contribution in [3.63, 3.8) is 0 Å². The quantitative estimate of drug-likeness (QED) is 0.263. The average molecular weight is 518 g/mol. The van der Waals surface area contributed by atoms with Gasteiger partial charge in [0.1, 0.15) is 5.75 Å². The van der Waals surface area contributed by atoms with Crippen LogP contribution >= 0.6 is 11.6 Å². The normalized spacial score (nSPS) is 15.5. The van der Waals surface area contributed by atoms with E-state index in [1.165, 1.54) is 18.1 Å². The molecule has 0 saturated carbocycles. The van der Waals surface area contributed by atoms with Crippen LogP contribution in [-0.2, 0) is 4.79 Å². The van der Waals surface area contributed by atoms with Crippen LogP contribution in [0.2, 0.25) is 5.02 Å². The Labute approximate surface area is 218 Å². The van der Waals surface area contributed by atoms with Crippen LogP contribution in [0.15, 0.2) is 88.5 Å². The number of fused-ring (bicyclic) bond motifs is 1. The third kappa shape index (κ3) is 4.42. The molecule has 1 atom stereocenters. The number of ketones is 1. The second-order valence-electron chi connectivity index (χ2n) is 8.56. The van der Waals surface area contributed by atoms with Crippen molar-refractivity contribution in [3.05, 3.63) is 100 Å². The highest BCUT2D eigenvalue weighted by Crippen LogP contribution is 2.43. The number of halogens is 1. The monoisotopic (exact) mass is 517 g/mol. The van der Waals surface area contributed by atoms with Gasteiger partial charge in [0.2, 0.25) is 5.78 Å². The number of hydrogen-bond donors (Lipinski definition) is 1. The first-order valence-corrected chi connectivity index (χ1v) is 12.2. The van der Waals surface area contributed by atoms with E-state index in [0.29, 0.717) is 45.3 Å². The number of carbonyl (C=O) groups is 2. The van der Waals surface area contributed by atoms with Gasteiger partial charge >= 0.3 is 0 Å². The standard InChI is InChI=1S/C29H24ClNO6/c1-3-12-36-21-11-7-10-20(16-21)31-25(17-8-5-4-6-9-17)24(27(33)29(31)34)26(32)22-14-18-13-19(30)15-23(35-2)28(18)37-22/h4-11,13-16,25,33H,3,12H2,1-2H3. The molecule has 1 amide bonds. The molecule has 0 saturated heterocycles. The van der Waals surface area contributed by atoms with Gasteiger partial charge < -0.3 is 19.0 Å². The van der Waals surface area contributed by atoms with Gasteiger partial charge in [0.25, 0.3) is 5.91 Å². The summed E-state index contributed by atoms with van der Waals surface area (Å²) in [5, 5.41) is 12.0. The largest absolute Gasteiger partial charge is 0.503 e. The summed E-state index contributed by atoms with van der Waals surface area (Å²) in [6, 6.07) is 20.0. The molecule has 8 heteroatoms. The molecule has 0 spiro atoms. The lowest BCUT2D eigenvalue weighted by molar-refractivity contribution is -0.117. The molecular formula is C29H24ClNO6. The van der Waals surface area contributed by atoms with Crippen LogP contribution in [0.1, 0.15) is 35.5 Å². The minimum atomic E-state index is -0.888. The van der Waals surface area contributed by atoms with Crippen molar-refractivity contribution in [1.82, 2.24) is 0 Å². The maximum absolute atomic E-state index is 13.8. The predicted octanol–water partition coefficient (Wildman–Crippen LogP) is 6.67. The summed E-state index contributed by atoms with van der Waals surface area (Å²) in [6.45, 7) is 2.52. The SMILES string of the molecule is CCCOc1cccc(N2C(=O)C(O)=C(C(=O)c3cc4cc(Cl)cc(OC)c4o3)C2c2ccccc2)c1. The van der Waals surface area contributed by atoms with E-state index >= 15 is 0 Å². The summed E-state index contributed by atoms with van der Waals surface area (Å²) < 4.78 is 17.0. The number of anilines is 1. The molecule has 188 valence electrons. The number of hydrogen-bond acceptors (Lipinski definition) is 6. The molecule has 4 aromatic rings. The Kier molecular flexibility index (Phi) is 6.63. The Morgan fingerprint density at radius 2 is 1.86 bits per heavy atom. The molecule has 0 radical (unpaired) electrons. The van der Waals surface area contributed by atoms with Crippen LogP contribution in [0.25, 0.3) is 11.0 Å². The molecule has 3 aromatic carbocycles. The molecule has 1 aliphatic heterocycles. The van der Waals surface area contributed by atoms with E-state index in [0.717, 1.165) is 6.42 Å². The first kappa shape index (κ1) is 24.5. The van der Waals surface area contributed by atoms with Crippen molar-refractivity contribution >= 4 is 39.9 Å². The first-order chi connectivity index (χ1) is 17.9. The Bertz CT molecular complexity index is 1520. The lowest BCUT2D eigenvalue weighted by Crippen LogP contribution is -2.31. The number of nitrogens with zero attached hydrogens (tertiary/aromatic N) is 1. The highest BCUT2D eigenvalue weighted by atomic mass is 35.5. The second kappa shape index (κ2) is 10.0. The fourth-order valence-corrected chi connectivity index (χ4v) is 4.70. The van der Waals surface area contributed by atoms with Gasteiger partial charge in [-0.1, -0.05) is 54.9 Å². The van der Waals surface area contributed by atoms with E-state index in [-0.39, 0.29) is 11.3 Å². The van der Waals surface area contributed by atoms with Gasteiger partial charge in [-0.15, -0.1) is 0 Å². The minimum absolute atomic E-state index is 0.0484. The molecule has 5 rings (SSSR count). The Morgan fingerprint density at radius 1 is 1.08 bits per heavy atom. The minimum Gasteiger partial charge on any atom is -0.503 e. The van der Waals surface area contributed by atoms with Crippen molar-refractivity contribution in [3.8, 4) is 11.5 Å². The number of aliphatic hydroxyl groups excluding tert-OH is 1. The Morgan fingerprint density at radius 3 is 2.59 bits per heavy atom. The first-order valence-electron chi connectivity index (χ1n) is 11.8. The molecule has 1 aliphatic rings. The van der Waals surface area contributed by atoms with Gasteiger partial charge in [-0.2, -0.15) is 0 Å². The molecule has 7 nitrogen and oxygen atoms in total. The molecule has 0 aliphatic carbocycles. The van der Waals surface area contributed by atoms with Crippen molar-refractivity contribution in [2.45, 2.75) is 19.4 Å². The number of rotatable bonds is 8. The number of aliphatic hydroxyl groups is 1. The highest BCUT2D eigenvalue weighted by Gasteiger charge is 2.45. The number of amides is 1. The third-order valence-electron chi connectivity index (χ3n) is 6.13. The van der Waals surface area contributed by atoms with Crippen molar-refractivity contribution in [2.24, 2.45) is 0 Å². The molecule has 37 heavy (non-hydrogen) atoms. The van der Waals surface area contributed by atoms with Gasteiger partial charge in [0.15, 0.2) is 22.9 Å². The van der Waals surface area contributed by atoms with E-state index in [1.807, 2.05) is 25.1 Å². The van der Waals surface area contributed by atoms with E-state index < -0.39 is 23.5 Å². The summed E-state index contributed by atoms with van der Waals surface area (Å²) >= 11 is 6.18. The lowest BCUT2D eigenvalue weighted by Gasteiger charge is -2.27. The van der Waals surface area contributed by atoms with Gasteiger partial charge in [-0.3, -0.25) is 14.5 Å². The van der Waals surface area contributed by atoms with E-state index in [4.69, 9.17) is 25.5 Å². The summed E-state index contributed by atoms with van der Waals surface area (Å²) in [5.41, 5.74) is 1.40. The van der Waals surface area contributed by atoms with Crippen LogP contribution in [-0.4, -0.2) is 30.5 Å². The Balaban J connectivity index is 1.62. The molecular weight excluding hydrogens is 494 g/mol. The number of Topliss-reactive ketones (excluding diaryl/α,β-unsaturated/α-hetero) is 1. The van der Waals surface area contributed by atoms with Gasteiger partial charge in [-0.25, -0.2) is 0 Å². The molecule has 2 heterocycles. The molecule has 0 bridgehead atoms. The fourth-order valence-electron chi connectivity index (χ4n) is 4.48. The zero-order valence-corrected chi connectivity index (χ0v) is 21.0. The van der Waals surface area contributed by atoms with Crippen LogP contribution < -0.4 is 14.4 Å². The fraction of sp³-hybridized carbons (Fsp3) is 0.172. The average Bonchev–Trinajstić information content (AvgIpc) is 3.46. The van der Waals surface area contributed by atoms with Gasteiger partial charge in [-0.05, 0) is 36.2 Å². The Hall–Kier alpha value is -4.23. The number of methoxy groups -OCH3 is 1. The summed E-state index contributed by atoms with van der Waals surface area (Å²) in [6.07, 6.45) is 0.827. The number of ether oxygens (including phenoxy) is 2. The smallest absolute Gasteiger partial charge is 0.294 e. The number of carbonyl (C=O) groups excluding carboxylic acids is 2. The zero-order valence-electron chi connectivity index (χ0n) is 20.2. The lowest BCUT2D eigenvalue weighted by atomic mass is 9.95. The van der Waals surface area contributed by atoms with Crippen molar-refractivity contribution in [2.75, 3.05) is 18.6 Å². The molecule has 0 fully saturated rings. The molecule has 1 N–H and O–H groups in total. The van der Waals surface area contributed by atoms with E-state index in [2.05, 4.69) is 0 Å². The van der Waals surface area contributed by atoms with Crippen LogP contribution in [0.5, 0.6) is 11.5 Å². The summed E-state index contributed by atoms with van der Waals surface area (Å²) in [7, 11) is 1.47. The van der Waals surface area contributed by atoms with E-state index in [9.17, 15) is 14.7 Å². The number of furan rings is 1. The van der Waals surface area contributed by atoms with Gasteiger partial charge in [0, 0.05) is 28.2 Å². The van der Waals surface area contributed by atoms with Crippen molar-refractivity contribution < 1.29 is 28.6 Å². The van der Waals surface area contributed by atoms with Crippen LogP contribution in [0.4, 0.5) is 5.69 Å². The zero-order chi connectivity index (χ0) is 26.1. The highest BCUT2D eigenvalue weighted by molar-refractivity contribution is 6.31. The third-order valence-corrected chi connectivity index (χ3v) is 6.35.